The van der Waals surface area contributed by atoms with Crippen molar-refractivity contribution < 1.29 is 5.11 Å². The van der Waals surface area contributed by atoms with Gasteiger partial charge in [0.05, 0.1) is 0 Å². The lowest BCUT2D eigenvalue weighted by molar-refractivity contribution is 0.215. The Kier molecular flexibility index (Phi) is 6.51. The molecule has 0 unspecified atom stereocenters. The molecule has 19 heavy (non-hydrogen) atoms. The van der Waals surface area contributed by atoms with Crippen LogP contribution in [0.1, 0.15) is 25.7 Å². The molecule has 0 aromatic heterocycles. The number of likely N-dealkylation sites (tertiary alicyclic amines) is 1. The third-order valence-corrected chi connectivity index (χ3v) is 5.13. The first-order chi connectivity index (χ1) is 9.28. The number of halogens is 1. The van der Waals surface area contributed by atoms with Crippen LogP contribution in [0.5, 0.6) is 0 Å². The average Bonchev–Trinajstić information content (AvgIpc) is 2.44. The first kappa shape index (κ1) is 15.2. The van der Waals surface area contributed by atoms with E-state index in [1.165, 1.54) is 30.8 Å². The maximum Gasteiger partial charge on any atom is 0.0431 e. The lowest BCUT2D eigenvalue weighted by Crippen LogP contribution is -2.35. The predicted molar refractivity (Wildman–Crippen MR) is 83.1 cm³/mol. The van der Waals surface area contributed by atoms with Gasteiger partial charge in [0.1, 0.15) is 0 Å². The summed E-state index contributed by atoms with van der Waals surface area (Å²) < 4.78 is 0. The second kappa shape index (κ2) is 8.15. The van der Waals surface area contributed by atoms with E-state index in [0.29, 0.717) is 6.61 Å². The van der Waals surface area contributed by atoms with Crippen LogP contribution in [0.15, 0.2) is 29.2 Å². The van der Waals surface area contributed by atoms with Crippen molar-refractivity contribution in [3.63, 3.8) is 0 Å². The summed E-state index contributed by atoms with van der Waals surface area (Å²) in [6.07, 6.45) is 4.56. The van der Waals surface area contributed by atoms with E-state index >= 15 is 0 Å². The lowest BCUT2D eigenvalue weighted by Gasteiger charge is -2.31. The number of nitrogens with zero attached hydrogens (tertiary/aromatic N) is 1. The fraction of sp³-hybridized carbons (Fsp3) is 0.600. The molecule has 0 atom stereocenters. The summed E-state index contributed by atoms with van der Waals surface area (Å²) in [7, 11) is 0. The summed E-state index contributed by atoms with van der Waals surface area (Å²) in [6.45, 7) is 3.84. The molecule has 0 bridgehead atoms. The molecule has 0 spiro atoms. The third kappa shape index (κ3) is 5.35. The van der Waals surface area contributed by atoms with Gasteiger partial charge in [-0.3, -0.25) is 0 Å². The van der Waals surface area contributed by atoms with Gasteiger partial charge in [-0.15, -0.1) is 11.8 Å². The molecule has 0 amide bonds. The van der Waals surface area contributed by atoms with Gasteiger partial charge in [0, 0.05) is 21.8 Å². The van der Waals surface area contributed by atoms with Gasteiger partial charge >= 0.3 is 0 Å². The zero-order valence-corrected chi connectivity index (χ0v) is 12.8. The highest BCUT2D eigenvalue weighted by Crippen LogP contribution is 2.31. The molecule has 0 aliphatic carbocycles. The predicted octanol–water partition coefficient (Wildman–Crippen LogP) is 3.67. The van der Waals surface area contributed by atoms with Crippen LogP contribution in [0.2, 0.25) is 5.02 Å². The monoisotopic (exact) mass is 299 g/mol. The Hall–Kier alpha value is -0.220. The molecule has 106 valence electrons. The smallest absolute Gasteiger partial charge is 0.0431 e. The first-order valence-corrected chi connectivity index (χ1v) is 8.29. The Balaban J connectivity index is 1.69. The van der Waals surface area contributed by atoms with Gasteiger partial charge in [0.2, 0.25) is 0 Å². The van der Waals surface area contributed by atoms with Crippen LogP contribution in [0.3, 0.4) is 0 Å². The maximum atomic E-state index is 8.79. The average molecular weight is 300 g/mol. The van der Waals surface area contributed by atoms with E-state index in [-0.39, 0.29) is 0 Å². The number of unbranched alkanes of at least 4 members (excludes halogenated alkanes) is 1. The van der Waals surface area contributed by atoms with Gasteiger partial charge in [-0.1, -0.05) is 11.6 Å². The summed E-state index contributed by atoms with van der Waals surface area (Å²) in [6, 6.07) is 8.16. The van der Waals surface area contributed by atoms with Gasteiger partial charge < -0.3 is 10.0 Å². The van der Waals surface area contributed by atoms with Crippen LogP contribution in [0, 0.1) is 0 Å². The molecule has 2 rings (SSSR count). The molecule has 0 radical (unpaired) electrons. The molecule has 1 fully saturated rings. The van der Waals surface area contributed by atoms with Crippen molar-refractivity contribution in [2.45, 2.75) is 35.8 Å². The standard InChI is InChI=1S/C15H22ClNOS/c16-13-3-5-14(6-4-13)19-15-7-10-17(11-8-15)9-1-2-12-18/h3-6,15,18H,1-2,7-12H2. The summed E-state index contributed by atoms with van der Waals surface area (Å²) >= 11 is 7.88. The number of benzene rings is 1. The van der Waals surface area contributed by atoms with Crippen LogP contribution in [-0.4, -0.2) is 41.5 Å². The Labute approximate surface area is 125 Å². The van der Waals surface area contributed by atoms with Gasteiger partial charge in [-0.05, 0) is 69.6 Å². The number of aliphatic hydroxyl groups is 1. The number of thioether (sulfide) groups is 1. The molecule has 2 nitrogen and oxygen atoms in total. The number of aliphatic hydroxyl groups excluding tert-OH is 1. The number of rotatable bonds is 6. The third-order valence-electron chi connectivity index (χ3n) is 3.53. The molecule has 1 saturated heterocycles. The molecular weight excluding hydrogens is 278 g/mol. The van der Waals surface area contributed by atoms with Gasteiger partial charge in [0.15, 0.2) is 0 Å². The fourth-order valence-electron chi connectivity index (χ4n) is 2.40. The molecular formula is C15H22ClNOS. The van der Waals surface area contributed by atoms with Crippen LogP contribution >= 0.6 is 23.4 Å². The SMILES string of the molecule is OCCCCN1CCC(Sc2ccc(Cl)cc2)CC1. The molecule has 1 aromatic rings. The van der Waals surface area contributed by atoms with Gasteiger partial charge in [-0.2, -0.15) is 0 Å². The Morgan fingerprint density at radius 1 is 1.16 bits per heavy atom. The van der Waals surface area contributed by atoms with E-state index in [9.17, 15) is 0 Å². The first-order valence-electron chi connectivity index (χ1n) is 7.03. The van der Waals surface area contributed by atoms with E-state index in [1.807, 2.05) is 23.9 Å². The fourth-order valence-corrected chi connectivity index (χ4v) is 3.65. The molecule has 1 aliphatic rings. The second-order valence-electron chi connectivity index (χ2n) is 5.04. The number of hydrogen-bond donors (Lipinski definition) is 1. The van der Waals surface area contributed by atoms with Crippen LogP contribution in [0.25, 0.3) is 0 Å². The molecule has 1 heterocycles. The minimum atomic E-state index is 0.322. The van der Waals surface area contributed by atoms with Crippen LogP contribution < -0.4 is 0 Å². The minimum Gasteiger partial charge on any atom is -0.396 e. The van der Waals surface area contributed by atoms with Crippen molar-refractivity contribution in [2.75, 3.05) is 26.2 Å². The summed E-state index contributed by atoms with van der Waals surface area (Å²) in [4.78, 5) is 3.84. The maximum absolute atomic E-state index is 8.79. The molecule has 4 heteroatoms. The summed E-state index contributed by atoms with van der Waals surface area (Å²) in [5.74, 6) is 0. The Morgan fingerprint density at radius 3 is 2.47 bits per heavy atom. The quantitative estimate of drug-likeness (QED) is 0.811. The van der Waals surface area contributed by atoms with Crippen LogP contribution in [0.4, 0.5) is 0 Å². The molecule has 1 N–H and O–H groups in total. The lowest BCUT2D eigenvalue weighted by atomic mass is 10.1. The van der Waals surface area contributed by atoms with Gasteiger partial charge in [-0.25, -0.2) is 0 Å². The number of piperidine rings is 1. The summed E-state index contributed by atoms with van der Waals surface area (Å²) in [5.41, 5.74) is 0. The zero-order valence-electron chi connectivity index (χ0n) is 11.2. The van der Waals surface area contributed by atoms with Crippen molar-refractivity contribution in [2.24, 2.45) is 0 Å². The highest BCUT2D eigenvalue weighted by Gasteiger charge is 2.19. The van der Waals surface area contributed by atoms with E-state index < -0.39 is 0 Å². The van der Waals surface area contributed by atoms with Crippen LogP contribution in [-0.2, 0) is 0 Å². The van der Waals surface area contributed by atoms with Crippen molar-refractivity contribution in [3.05, 3.63) is 29.3 Å². The van der Waals surface area contributed by atoms with Gasteiger partial charge in [0.25, 0.3) is 0 Å². The van der Waals surface area contributed by atoms with E-state index in [1.54, 1.807) is 0 Å². The zero-order chi connectivity index (χ0) is 13.5. The molecule has 0 saturated carbocycles. The highest BCUT2D eigenvalue weighted by molar-refractivity contribution is 8.00. The normalized spacial score (nSPS) is 17.8. The highest BCUT2D eigenvalue weighted by atomic mass is 35.5. The van der Waals surface area contributed by atoms with E-state index in [2.05, 4.69) is 17.0 Å². The van der Waals surface area contributed by atoms with E-state index in [0.717, 1.165) is 29.7 Å². The molecule has 1 aliphatic heterocycles. The van der Waals surface area contributed by atoms with E-state index in [4.69, 9.17) is 16.7 Å². The Bertz CT molecular complexity index is 363. The number of hydrogen-bond acceptors (Lipinski definition) is 3. The minimum absolute atomic E-state index is 0.322. The topological polar surface area (TPSA) is 23.5 Å². The largest absolute Gasteiger partial charge is 0.396 e. The summed E-state index contributed by atoms with van der Waals surface area (Å²) in [5, 5.41) is 10.3. The second-order valence-corrected chi connectivity index (χ2v) is 6.85. The van der Waals surface area contributed by atoms with Crippen molar-refractivity contribution in [1.29, 1.82) is 0 Å². The Morgan fingerprint density at radius 2 is 1.84 bits per heavy atom. The van der Waals surface area contributed by atoms with Crippen molar-refractivity contribution in [3.8, 4) is 0 Å². The van der Waals surface area contributed by atoms with Crippen molar-refractivity contribution >= 4 is 23.4 Å². The van der Waals surface area contributed by atoms with Crippen molar-refractivity contribution in [1.82, 2.24) is 4.90 Å². The molecule has 1 aromatic carbocycles.